The maximum absolute atomic E-state index is 12.0. The minimum absolute atomic E-state index is 0.161. The summed E-state index contributed by atoms with van der Waals surface area (Å²) < 4.78 is 3.53. The van der Waals surface area contributed by atoms with Gasteiger partial charge >= 0.3 is 0 Å². The Morgan fingerprint density at radius 3 is 2.57 bits per heavy atom. The minimum Gasteiger partial charge on any atom is -0.356 e. The molecular weight excluding hydrogens is 464 g/mol. The van der Waals surface area contributed by atoms with Gasteiger partial charge in [0.1, 0.15) is 11.9 Å². The maximum atomic E-state index is 12.0. The smallest absolute Gasteiger partial charge is 0.220 e. The predicted octanol–water partition coefficient (Wildman–Crippen LogP) is 3.51. The highest BCUT2D eigenvalue weighted by atomic mass is 16.1. The Morgan fingerprint density at radius 1 is 1.11 bits per heavy atom. The van der Waals surface area contributed by atoms with E-state index in [-0.39, 0.29) is 5.91 Å². The molecule has 4 aromatic heterocycles. The first-order valence-corrected chi connectivity index (χ1v) is 12.8. The molecule has 1 aliphatic heterocycles. The van der Waals surface area contributed by atoms with Crippen LogP contribution < -0.4 is 10.2 Å². The number of aromatic nitrogens is 5. The molecule has 1 unspecified atom stereocenters. The SMILES string of the molecule is CC(C)CC(=O)NCC1[C@H]2CN(c3ccc(-c4cc(-c5cnn(C)c5)cn5ncc(C#N)c45)cn3)C[C@@H]12. The Kier molecular flexibility index (Phi) is 5.67. The monoisotopic (exact) mass is 494 g/mol. The number of aryl methyl sites for hydroxylation is 1. The lowest BCUT2D eigenvalue weighted by atomic mass is 10.0. The van der Waals surface area contributed by atoms with Crippen LogP contribution in [0.15, 0.2) is 49.2 Å². The van der Waals surface area contributed by atoms with E-state index >= 15 is 0 Å². The number of hydrogen-bond donors (Lipinski definition) is 1. The second-order valence-corrected chi connectivity index (χ2v) is 10.7. The summed E-state index contributed by atoms with van der Waals surface area (Å²) in [5, 5.41) is 21.5. The Hall–Kier alpha value is -4.19. The van der Waals surface area contributed by atoms with Crippen LogP contribution >= 0.6 is 0 Å². The summed E-state index contributed by atoms with van der Waals surface area (Å²) in [6, 6.07) is 8.48. The molecule has 0 aromatic carbocycles. The van der Waals surface area contributed by atoms with Gasteiger partial charge in [-0.05, 0) is 41.9 Å². The average molecular weight is 495 g/mol. The van der Waals surface area contributed by atoms with Crippen LogP contribution in [-0.2, 0) is 11.8 Å². The van der Waals surface area contributed by atoms with Crippen molar-refractivity contribution in [3.05, 3.63) is 54.7 Å². The first-order chi connectivity index (χ1) is 17.9. The fourth-order valence-corrected chi connectivity index (χ4v) is 5.70. The van der Waals surface area contributed by atoms with Crippen LogP contribution in [0.3, 0.4) is 0 Å². The Labute approximate surface area is 215 Å². The van der Waals surface area contributed by atoms with Crippen LogP contribution in [-0.4, -0.2) is 49.9 Å². The number of rotatable bonds is 7. The average Bonchev–Trinajstić information content (AvgIpc) is 3.32. The fraction of sp³-hybridized carbons (Fsp3) is 0.393. The second kappa shape index (κ2) is 9.04. The quantitative estimate of drug-likeness (QED) is 0.422. The van der Waals surface area contributed by atoms with E-state index < -0.39 is 0 Å². The zero-order valence-electron chi connectivity index (χ0n) is 21.3. The molecule has 0 spiro atoms. The van der Waals surface area contributed by atoms with Gasteiger partial charge in [-0.3, -0.25) is 9.48 Å². The van der Waals surface area contributed by atoms with Crippen LogP contribution in [0.1, 0.15) is 25.8 Å². The maximum Gasteiger partial charge on any atom is 0.220 e. The summed E-state index contributed by atoms with van der Waals surface area (Å²) in [5.41, 5.74) is 5.11. The molecule has 37 heavy (non-hydrogen) atoms. The molecule has 5 heterocycles. The first-order valence-electron chi connectivity index (χ1n) is 12.8. The number of carbonyl (C=O) groups excluding carboxylic acids is 1. The highest BCUT2D eigenvalue weighted by molar-refractivity contribution is 5.87. The van der Waals surface area contributed by atoms with Crippen molar-refractivity contribution in [1.82, 2.24) is 29.7 Å². The van der Waals surface area contributed by atoms with Gasteiger partial charge in [0.05, 0.1) is 23.5 Å². The number of nitrogens with one attached hydrogen (secondary N) is 1. The van der Waals surface area contributed by atoms with Crippen molar-refractivity contribution >= 4 is 17.2 Å². The van der Waals surface area contributed by atoms with Crippen molar-refractivity contribution in [1.29, 1.82) is 5.26 Å². The van der Waals surface area contributed by atoms with E-state index in [1.807, 2.05) is 31.8 Å². The van der Waals surface area contributed by atoms with Crippen LogP contribution in [0.25, 0.3) is 27.8 Å². The third-order valence-corrected chi connectivity index (χ3v) is 7.65. The summed E-state index contributed by atoms with van der Waals surface area (Å²) in [6.45, 7) is 6.88. The van der Waals surface area contributed by atoms with Crippen molar-refractivity contribution in [3.63, 3.8) is 0 Å². The highest BCUT2D eigenvalue weighted by Gasteiger charge is 2.55. The molecule has 1 saturated heterocycles. The van der Waals surface area contributed by atoms with E-state index in [0.29, 0.717) is 35.7 Å². The molecule has 2 fully saturated rings. The van der Waals surface area contributed by atoms with Crippen molar-refractivity contribution in [2.24, 2.45) is 30.7 Å². The second-order valence-electron chi connectivity index (χ2n) is 10.7. The first kappa shape index (κ1) is 23.2. The minimum atomic E-state index is 0.161. The summed E-state index contributed by atoms with van der Waals surface area (Å²) >= 11 is 0. The number of nitriles is 1. The largest absolute Gasteiger partial charge is 0.356 e. The molecule has 9 heteroatoms. The van der Waals surface area contributed by atoms with Gasteiger partial charge in [-0.25, -0.2) is 9.50 Å². The topological polar surface area (TPSA) is 104 Å². The number of carbonyl (C=O) groups is 1. The molecule has 2 aliphatic rings. The summed E-state index contributed by atoms with van der Waals surface area (Å²) in [7, 11) is 1.89. The Balaban J connectivity index is 1.19. The molecule has 9 nitrogen and oxygen atoms in total. The number of piperidine rings is 1. The molecule has 1 saturated carbocycles. The number of hydrogen-bond acceptors (Lipinski definition) is 6. The summed E-state index contributed by atoms with van der Waals surface area (Å²) in [4.78, 5) is 19.1. The zero-order chi connectivity index (χ0) is 25.7. The zero-order valence-corrected chi connectivity index (χ0v) is 21.3. The van der Waals surface area contributed by atoms with Gasteiger partial charge in [0, 0.05) is 73.9 Å². The molecule has 1 amide bonds. The molecule has 0 radical (unpaired) electrons. The lowest BCUT2D eigenvalue weighted by Gasteiger charge is -2.21. The third kappa shape index (κ3) is 4.33. The number of amides is 1. The van der Waals surface area contributed by atoms with Crippen molar-refractivity contribution < 1.29 is 4.79 Å². The number of fused-ring (bicyclic) bond motifs is 2. The van der Waals surface area contributed by atoms with Gasteiger partial charge < -0.3 is 10.2 Å². The van der Waals surface area contributed by atoms with Gasteiger partial charge in [-0.15, -0.1) is 0 Å². The normalized spacial score (nSPS) is 20.3. The molecule has 1 N–H and O–H groups in total. The van der Waals surface area contributed by atoms with Gasteiger partial charge in [0.15, 0.2) is 0 Å². The highest BCUT2D eigenvalue weighted by Crippen LogP contribution is 2.52. The number of pyridine rings is 2. The molecule has 0 bridgehead atoms. The van der Waals surface area contributed by atoms with Crippen molar-refractivity contribution in [3.8, 4) is 28.3 Å². The molecule has 188 valence electrons. The van der Waals surface area contributed by atoms with E-state index in [4.69, 9.17) is 4.98 Å². The Morgan fingerprint density at radius 2 is 1.92 bits per heavy atom. The van der Waals surface area contributed by atoms with Crippen LogP contribution in [0, 0.1) is 35.0 Å². The Bertz CT molecular complexity index is 1500. The van der Waals surface area contributed by atoms with Crippen LogP contribution in [0.5, 0.6) is 0 Å². The molecule has 4 aromatic rings. The van der Waals surface area contributed by atoms with E-state index in [9.17, 15) is 10.1 Å². The van der Waals surface area contributed by atoms with Crippen LogP contribution in [0.4, 0.5) is 5.82 Å². The molecule has 3 atom stereocenters. The fourth-order valence-electron chi connectivity index (χ4n) is 5.70. The third-order valence-electron chi connectivity index (χ3n) is 7.65. The summed E-state index contributed by atoms with van der Waals surface area (Å²) in [6.07, 6.45) is 9.80. The molecule has 6 rings (SSSR count). The van der Waals surface area contributed by atoms with Crippen LogP contribution in [0.2, 0.25) is 0 Å². The molecule has 1 aliphatic carbocycles. The lowest BCUT2D eigenvalue weighted by Crippen LogP contribution is -2.31. The van der Waals surface area contributed by atoms with E-state index in [1.165, 1.54) is 0 Å². The van der Waals surface area contributed by atoms with E-state index in [1.54, 1.807) is 15.4 Å². The van der Waals surface area contributed by atoms with Gasteiger partial charge in [-0.1, -0.05) is 13.8 Å². The number of nitrogens with zero attached hydrogens (tertiary/aromatic N) is 7. The summed E-state index contributed by atoms with van der Waals surface area (Å²) in [5.74, 6) is 3.35. The molecular formula is C28H30N8O. The van der Waals surface area contributed by atoms with Gasteiger partial charge in [0.2, 0.25) is 5.91 Å². The predicted molar refractivity (Wildman–Crippen MR) is 140 cm³/mol. The van der Waals surface area contributed by atoms with Crippen molar-refractivity contribution in [2.45, 2.75) is 20.3 Å². The van der Waals surface area contributed by atoms with E-state index in [0.717, 1.165) is 53.2 Å². The lowest BCUT2D eigenvalue weighted by molar-refractivity contribution is -0.121. The van der Waals surface area contributed by atoms with Crippen molar-refractivity contribution in [2.75, 3.05) is 24.5 Å². The standard InChI is InChI=1S/C28H30N8O/c1-17(2)6-27(37)31-12-23-24-15-35(16-25(23)24)26-5-4-18(9-30-26)22-7-19(21-11-32-34(3)13-21)14-36-28(22)20(8-29)10-33-36/h4-5,7,9-11,13-14,17,23-25H,6,12,15-16H2,1-3H3,(H,31,37)/t23?,24-,25+. The van der Waals surface area contributed by atoms with Gasteiger partial charge in [-0.2, -0.15) is 15.5 Å². The van der Waals surface area contributed by atoms with E-state index in [2.05, 4.69) is 58.5 Å². The number of anilines is 1. The van der Waals surface area contributed by atoms with Gasteiger partial charge in [0.25, 0.3) is 0 Å².